The lowest BCUT2D eigenvalue weighted by Crippen LogP contribution is -2.38. The zero-order chi connectivity index (χ0) is 23.1. The van der Waals surface area contributed by atoms with Gasteiger partial charge in [-0.05, 0) is 63.8 Å². The first-order valence-corrected chi connectivity index (χ1v) is 11.5. The van der Waals surface area contributed by atoms with Crippen molar-refractivity contribution in [3.05, 3.63) is 76.7 Å². The van der Waals surface area contributed by atoms with E-state index in [1.807, 2.05) is 57.4 Å². The molecule has 5 nitrogen and oxygen atoms in total. The molecule has 168 valence electrons. The van der Waals surface area contributed by atoms with Gasteiger partial charge in [0.05, 0.1) is 17.8 Å². The van der Waals surface area contributed by atoms with Crippen LogP contribution in [0, 0.1) is 11.3 Å². The Bertz CT molecular complexity index is 1020. The van der Waals surface area contributed by atoms with E-state index in [-0.39, 0.29) is 11.4 Å². The molecule has 6 heteroatoms. The molecule has 3 aliphatic heterocycles. The number of aliphatic imine (C=N–C) groups is 1. The van der Waals surface area contributed by atoms with Gasteiger partial charge in [0, 0.05) is 40.5 Å². The van der Waals surface area contributed by atoms with E-state index in [2.05, 4.69) is 20.9 Å². The molecule has 5 rings (SSSR count). The van der Waals surface area contributed by atoms with Gasteiger partial charge in [-0.15, -0.1) is 0 Å². The molecule has 2 N–H and O–H groups in total. The van der Waals surface area contributed by atoms with Gasteiger partial charge >= 0.3 is 0 Å². The van der Waals surface area contributed by atoms with Crippen LogP contribution in [-0.4, -0.2) is 34.2 Å². The summed E-state index contributed by atoms with van der Waals surface area (Å²) < 4.78 is 14.4. The van der Waals surface area contributed by atoms with E-state index in [1.54, 1.807) is 6.08 Å². The fourth-order valence-electron chi connectivity index (χ4n) is 4.21. The van der Waals surface area contributed by atoms with Crippen LogP contribution in [0.15, 0.2) is 76.0 Å². The van der Waals surface area contributed by atoms with Crippen LogP contribution in [0.4, 0.5) is 4.39 Å². The van der Waals surface area contributed by atoms with E-state index in [1.165, 1.54) is 0 Å². The Labute approximate surface area is 190 Å². The Morgan fingerprint density at radius 3 is 2.69 bits per heavy atom. The van der Waals surface area contributed by atoms with Gasteiger partial charge in [-0.2, -0.15) is 5.26 Å². The molecule has 1 aromatic heterocycles. The zero-order valence-electron chi connectivity index (χ0n) is 19.2. The molecule has 0 atom stereocenters. The van der Waals surface area contributed by atoms with Gasteiger partial charge in [-0.1, -0.05) is 26.0 Å². The molecule has 2 bridgehead atoms. The Hall–Kier alpha value is -3.04. The van der Waals surface area contributed by atoms with Crippen LogP contribution in [0.25, 0.3) is 0 Å². The van der Waals surface area contributed by atoms with E-state index in [4.69, 9.17) is 5.73 Å². The Balaban J connectivity index is 0.000000204. The number of aryl methyl sites for hydroxylation is 1. The molecular formula is C26H32FN5. The highest BCUT2D eigenvalue weighted by molar-refractivity contribution is 6.20. The lowest BCUT2D eigenvalue weighted by atomic mass is 9.89. The fraction of sp³-hybridized carbons (Fsp3) is 0.423. The maximum Gasteiger partial charge on any atom is 0.125 e. The summed E-state index contributed by atoms with van der Waals surface area (Å²) >= 11 is 0. The molecule has 4 heterocycles. The molecule has 32 heavy (non-hydrogen) atoms. The van der Waals surface area contributed by atoms with Gasteiger partial charge in [0.2, 0.25) is 0 Å². The van der Waals surface area contributed by atoms with Crippen LogP contribution in [0.3, 0.4) is 0 Å². The molecule has 1 aliphatic carbocycles. The number of nitrogens with two attached hydrogens (primary N) is 1. The highest BCUT2D eigenvalue weighted by Crippen LogP contribution is 2.52. The predicted octanol–water partition coefficient (Wildman–Crippen LogP) is 5.15. The number of hydrogen-bond donors (Lipinski definition) is 1. The van der Waals surface area contributed by atoms with Crippen molar-refractivity contribution >= 4 is 5.71 Å². The lowest BCUT2D eigenvalue weighted by molar-refractivity contribution is 0.317. The van der Waals surface area contributed by atoms with Gasteiger partial charge in [-0.25, -0.2) is 4.39 Å². The maximum absolute atomic E-state index is 14.4. The van der Waals surface area contributed by atoms with E-state index in [0.717, 1.165) is 49.2 Å². The Kier molecular flexibility index (Phi) is 7.76. The van der Waals surface area contributed by atoms with Gasteiger partial charge in [0.15, 0.2) is 0 Å². The minimum Gasteiger partial charge on any atom is -0.340 e. The molecule has 4 aliphatic rings. The van der Waals surface area contributed by atoms with Gasteiger partial charge in [-0.3, -0.25) is 9.98 Å². The van der Waals surface area contributed by atoms with Crippen LogP contribution < -0.4 is 5.73 Å². The van der Waals surface area contributed by atoms with Crippen molar-refractivity contribution < 1.29 is 4.39 Å². The minimum absolute atomic E-state index is 0.0338. The highest BCUT2D eigenvalue weighted by Gasteiger charge is 2.51. The second-order valence-corrected chi connectivity index (χ2v) is 7.91. The van der Waals surface area contributed by atoms with Gasteiger partial charge in [0.25, 0.3) is 0 Å². The minimum atomic E-state index is -0.164. The topological polar surface area (TPSA) is 78.3 Å². The number of nitriles is 1. The highest BCUT2D eigenvalue weighted by atomic mass is 19.1. The van der Waals surface area contributed by atoms with E-state index in [0.29, 0.717) is 29.8 Å². The summed E-state index contributed by atoms with van der Waals surface area (Å²) in [7, 11) is 0. The Morgan fingerprint density at radius 1 is 1.31 bits per heavy atom. The summed E-state index contributed by atoms with van der Waals surface area (Å²) in [5, 5.41) is 9.37. The summed E-state index contributed by atoms with van der Waals surface area (Å²) in [6, 6.07) is 8.16. The molecule has 0 aromatic carbocycles. The average molecular weight is 434 g/mol. The summed E-state index contributed by atoms with van der Waals surface area (Å²) in [6.45, 7) is 7.05. The maximum atomic E-state index is 14.4. The molecule has 1 fully saturated rings. The molecule has 0 radical (unpaired) electrons. The Morgan fingerprint density at radius 2 is 2.09 bits per heavy atom. The van der Waals surface area contributed by atoms with Crippen LogP contribution in [0.1, 0.15) is 52.1 Å². The first-order valence-electron chi connectivity index (χ1n) is 11.5. The van der Waals surface area contributed by atoms with Crippen molar-refractivity contribution in [2.24, 2.45) is 10.7 Å². The summed E-state index contributed by atoms with van der Waals surface area (Å²) in [5.41, 5.74) is 10.1. The third kappa shape index (κ3) is 4.58. The predicted molar refractivity (Wildman–Crippen MR) is 127 cm³/mol. The number of pyridine rings is 1. The van der Waals surface area contributed by atoms with Gasteiger partial charge < -0.3 is 10.6 Å². The molecule has 1 spiro atoms. The largest absolute Gasteiger partial charge is 0.340 e. The van der Waals surface area contributed by atoms with Crippen molar-refractivity contribution in [3.63, 3.8) is 0 Å². The number of hydrogen-bond acceptors (Lipinski definition) is 5. The SMILES string of the molecule is C/C=C1C2=C3CN=C2C(C#N)=CN/1C1(C/C=C\3F)CC1.CC.NCCCc1ccccn1. The van der Waals surface area contributed by atoms with E-state index in [9.17, 15) is 9.65 Å². The third-order valence-corrected chi connectivity index (χ3v) is 6.01. The van der Waals surface area contributed by atoms with Crippen LogP contribution in [-0.2, 0) is 6.42 Å². The monoisotopic (exact) mass is 433 g/mol. The summed E-state index contributed by atoms with van der Waals surface area (Å²) in [6.07, 6.45) is 12.2. The van der Waals surface area contributed by atoms with Crippen LogP contribution in [0.2, 0.25) is 0 Å². The van der Waals surface area contributed by atoms with Gasteiger partial charge in [0.1, 0.15) is 11.9 Å². The quantitative estimate of drug-likeness (QED) is 0.715. The molecule has 1 aromatic rings. The lowest BCUT2D eigenvalue weighted by Gasteiger charge is -2.38. The first-order chi connectivity index (χ1) is 15.6. The molecule has 0 saturated heterocycles. The standard InChI is InChI=1S/C16H14FN3.C8H12N2.C2H6/c1-2-13-14-11-8-19-15(14)10(7-18)9-20(13)16(5-6-16)4-3-12(11)17;9-6-3-5-8-4-1-2-7-10-8;1-2/h2-3,9H,4-6,8H2,1H3;1-2,4,7H,3,5-6,9H2;1-2H3/b12-3+,13-2-;;. The fourth-order valence-corrected chi connectivity index (χ4v) is 4.21. The number of fused-ring (bicyclic) bond motifs is 2. The molecule has 0 amide bonds. The normalized spacial score (nSPS) is 22.2. The number of halogens is 1. The van der Waals surface area contributed by atoms with E-state index >= 15 is 0 Å². The van der Waals surface area contributed by atoms with Crippen molar-refractivity contribution in [2.45, 2.75) is 58.4 Å². The second-order valence-electron chi connectivity index (χ2n) is 7.91. The summed E-state index contributed by atoms with van der Waals surface area (Å²) in [4.78, 5) is 10.7. The number of nitrogens with zero attached hydrogens (tertiary/aromatic N) is 4. The van der Waals surface area contributed by atoms with Crippen molar-refractivity contribution in [1.82, 2.24) is 9.88 Å². The molecular weight excluding hydrogens is 401 g/mol. The van der Waals surface area contributed by atoms with Crippen LogP contribution in [0.5, 0.6) is 0 Å². The van der Waals surface area contributed by atoms with Crippen molar-refractivity contribution in [1.29, 1.82) is 5.26 Å². The number of aromatic nitrogens is 1. The number of rotatable bonds is 3. The second kappa shape index (κ2) is 10.5. The van der Waals surface area contributed by atoms with Crippen LogP contribution >= 0.6 is 0 Å². The smallest absolute Gasteiger partial charge is 0.125 e. The van der Waals surface area contributed by atoms with E-state index < -0.39 is 0 Å². The molecule has 1 saturated carbocycles. The third-order valence-electron chi connectivity index (χ3n) is 6.01. The molecule has 0 unspecified atom stereocenters. The first kappa shape index (κ1) is 23.6. The number of allylic oxidation sites excluding steroid dienone is 3. The van der Waals surface area contributed by atoms with Crippen molar-refractivity contribution in [2.75, 3.05) is 13.1 Å². The van der Waals surface area contributed by atoms with Crippen molar-refractivity contribution in [3.8, 4) is 6.07 Å². The average Bonchev–Trinajstić information content (AvgIpc) is 3.52. The summed E-state index contributed by atoms with van der Waals surface area (Å²) in [5.74, 6) is -0.164. The zero-order valence-corrected chi connectivity index (χ0v) is 19.2.